The van der Waals surface area contributed by atoms with Gasteiger partial charge in [0.05, 0.1) is 5.02 Å². The number of nitrogens with one attached hydrogen (secondary N) is 2. The highest BCUT2D eigenvalue weighted by atomic mass is 35.5. The van der Waals surface area contributed by atoms with Crippen molar-refractivity contribution in [1.29, 1.82) is 0 Å². The zero-order valence-corrected chi connectivity index (χ0v) is 19.1. The third-order valence-corrected chi connectivity index (χ3v) is 6.72. The maximum atomic E-state index is 14.3. The molecular weight excluding hydrogens is 435 g/mol. The van der Waals surface area contributed by atoms with Crippen molar-refractivity contribution < 1.29 is 18.8 Å². The Morgan fingerprint density at radius 2 is 2.03 bits per heavy atom. The Bertz CT molecular complexity index is 812. The average molecular weight is 467 g/mol. The van der Waals surface area contributed by atoms with E-state index in [1.165, 1.54) is 31.9 Å². The van der Waals surface area contributed by atoms with Crippen LogP contribution < -0.4 is 10.8 Å². The molecule has 2 N–H and O–H groups in total. The monoisotopic (exact) mass is 466 g/mol. The van der Waals surface area contributed by atoms with Gasteiger partial charge >= 0.3 is 5.91 Å². The number of hydrogen-bond acceptors (Lipinski definition) is 6. The van der Waals surface area contributed by atoms with Crippen molar-refractivity contribution in [2.75, 3.05) is 25.0 Å². The molecule has 3 aliphatic rings. The van der Waals surface area contributed by atoms with E-state index in [4.69, 9.17) is 21.2 Å². The standard InChI is InChI=1S/C23H32ClFN4O3/c24-19-12-16(13-20(25)23(30)28-32-21-9-3-4-11-31-21)14-26-22(19)27-17-6-5-10-29(15-17)18-7-1-2-8-18/h12-14,17-18,21H,1-11,15H2,(H,26,27)(H,28,30)/b20-13-/t17-,21?/m1/s1. The molecule has 0 spiro atoms. The molecule has 1 aromatic rings. The van der Waals surface area contributed by atoms with Gasteiger partial charge in [-0.15, -0.1) is 0 Å². The SMILES string of the molecule is O=C(NOC1CCCCO1)/C(F)=C/c1cnc(N[C@@H]2CCCN(C3CCCC3)C2)c(Cl)c1. The maximum Gasteiger partial charge on any atom is 0.303 e. The molecule has 0 radical (unpaired) electrons. The number of carbonyl (C=O) groups is 1. The molecule has 1 amide bonds. The van der Waals surface area contributed by atoms with Crippen molar-refractivity contribution in [3.63, 3.8) is 0 Å². The summed E-state index contributed by atoms with van der Waals surface area (Å²) in [6.07, 6.45) is 12.1. The minimum Gasteiger partial charge on any atom is -0.365 e. The Hall–Kier alpha value is -1.74. The minimum atomic E-state index is -0.987. The molecule has 2 saturated heterocycles. The number of hydrogen-bond donors (Lipinski definition) is 2. The fourth-order valence-corrected chi connectivity index (χ4v) is 4.97. The van der Waals surface area contributed by atoms with Crippen molar-refractivity contribution in [2.45, 2.75) is 76.2 Å². The minimum absolute atomic E-state index is 0.289. The van der Waals surface area contributed by atoms with Gasteiger partial charge in [-0.25, -0.2) is 19.7 Å². The zero-order valence-electron chi connectivity index (χ0n) is 18.3. The number of nitrogens with zero attached hydrogens (tertiary/aromatic N) is 2. The van der Waals surface area contributed by atoms with Gasteiger partial charge in [0.1, 0.15) is 5.82 Å². The molecule has 0 aromatic carbocycles. The molecule has 176 valence electrons. The number of rotatable bonds is 7. The van der Waals surface area contributed by atoms with E-state index in [1.54, 1.807) is 6.07 Å². The summed E-state index contributed by atoms with van der Waals surface area (Å²) in [6, 6.07) is 2.60. The summed E-state index contributed by atoms with van der Waals surface area (Å²) in [4.78, 5) is 24.0. The third kappa shape index (κ3) is 6.41. The Morgan fingerprint density at radius 1 is 1.22 bits per heavy atom. The Morgan fingerprint density at radius 3 is 2.78 bits per heavy atom. The van der Waals surface area contributed by atoms with E-state index < -0.39 is 18.0 Å². The predicted molar refractivity (Wildman–Crippen MR) is 122 cm³/mol. The number of pyridine rings is 1. The van der Waals surface area contributed by atoms with Gasteiger partial charge in [-0.3, -0.25) is 9.69 Å². The number of piperidine rings is 1. The van der Waals surface area contributed by atoms with E-state index in [-0.39, 0.29) is 6.04 Å². The predicted octanol–water partition coefficient (Wildman–Crippen LogP) is 4.44. The fourth-order valence-electron chi connectivity index (χ4n) is 4.74. The van der Waals surface area contributed by atoms with E-state index in [9.17, 15) is 9.18 Å². The van der Waals surface area contributed by atoms with E-state index >= 15 is 0 Å². The normalized spacial score (nSPS) is 25.6. The third-order valence-electron chi connectivity index (χ3n) is 6.43. The molecule has 4 rings (SSSR count). The lowest BCUT2D eigenvalue weighted by molar-refractivity contribution is -0.199. The molecule has 2 atom stereocenters. The smallest absolute Gasteiger partial charge is 0.303 e. The number of amides is 1. The number of ether oxygens (including phenoxy) is 1. The van der Waals surface area contributed by atoms with Crippen LogP contribution in [-0.4, -0.2) is 53.9 Å². The second-order valence-corrected chi connectivity index (χ2v) is 9.26. The van der Waals surface area contributed by atoms with E-state index in [1.807, 2.05) is 0 Å². The molecule has 1 saturated carbocycles. The van der Waals surface area contributed by atoms with Crippen LogP contribution in [0.4, 0.5) is 10.2 Å². The van der Waals surface area contributed by atoms with Crippen LogP contribution in [0.25, 0.3) is 6.08 Å². The number of likely N-dealkylation sites (tertiary alicyclic amines) is 1. The van der Waals surface area contributed by atoms with Gasteiger partial charge in [0.25, 0.3) is 0 Å². The van der Waals surface area contributed by atoms with Crippen LogP contribution in [0.1, 0.15) is 63.4 Å². The second kappa shape index (κ2) is 11.4. The molecule has 9 heteroatoms. The topological polar surface area (TPSA) is 75.7 Å². The molecule has 1 aromatic heterocycles. The van der Waals surface area contributed by atoms with Crippen molar-refractivity contribution in [1.82, 2.24) is 15.4 Å². The van der Waals surface area contributed by atoms with Crippen LogP contribution in [0, 0.1) is 0 Å². The Labute approximate surface area is 193 Å². The van der Waals surface area contributed by atoms with E-state index in [2.05, 4.69) is 20.7 Å². The summed E-state index contributed by atoms with van der Waals surface area (Å²) in [5, 5.41) is 3.85. The van der Waals surface area contributed by atoms with Gasteiger partial charge in [-0.2, -0.15) is 0 Å². The fraction of sp³-hybridized carbons (Fsp3) is 0.652. The van der Waals surface area contributed by atoms with Crippen molar-refractivity contribution in [2.24, 2.45) is 0 Å². The number of carbonyl (C=O) groups excluding carboxylic acids is 1. The zero-order chi connectivity index (χ0) is 22.3. The lowest BCUT2D eigenvalue weighted by atomic mass is 10.0. The van der Waals surface area contributed by atoms with Crippen LogP contribution in [-0.2, 0) is 14.4 Å². The van der Waals surface area contributed by atoms with Crippen LogP contribution in [0.2, 0.25) is 5.02 Å². The van der Waals surface area contributed by atoms with Crippen LogP contribution in [0.3, 0.4) is 0 Å². The van der Waals surface area contributed by atoms with Crippen molar-refractivity contribution in [3.8, 4) is 0 Å². The molecule has 0 bridgehead atoms. The highest BCUT2D eigenvalue weighted by molar-refractivity contribution is 6.33. The molecule has 3 fully saturated rings. The number of hydroxylamine groups is 1. The van der Waals surface area contributed by atoms with Gasteiger partial charge in [-0.1, -0.05) is 24.4 Å². The molecule has 3 heterocycles. The molecular formula is C23H32ClFN4O3. The quantitative estimate of drug-likeness (QED) is 0.457. The first kappa shape index (κ1) is 23.4. The first-order chi connectivity index (χ1) is 15.6. The highest BCUT2D eigenvalue weighted by Crippen LogP contribution is 2.28. The summed E-state index contributed by atoms with van der Waals surface area (Å²) in [5.74, 6) is -1.37. The maximum absolute atomic E-state index is 14.3. The van der Waals surface area contributed by atoms with Crippen LogP contribution >= 0.6 is 11.6 Å². The molecule has 7 nitrogen and oxygen atoms in total. The second-order valence-electron chi connectivity index (χ2n) is 8.85. The first-order valence-corrected chi connectivity index (χ1v) is 12.1. The molecule has 32 heavy (non-hydrogen) atoms. The number of aromatic nitrogens is 1. The summed E-state index contributed by atoms with van der Waals surface area (Å²) >= 11 is 6.41. The molecule has 2 aliphatic heterocycles. The largest absolute Gasteiger partial charge is 0.365 e. The van der Waals surface area contributed by atoms with E-state index in [0.717, 1.165) is 44.8 Å². The van der Waals surface area contributed by atoms with Crippen LogP contribution in [0.15, 0.2) is 18.1 Å². The molecule has 1 aliphatic carbocycles. The Kier molecular flexibility index (Phi) is 8.35. The molecule has 1 unspecified atom stereocenters. The van der Waals surface area contributed by atoms with Gasteiger partial charge < -0.3 is 10.1 Å². The lowest BCUT2D eigenvalue weighted by Gasteiger charge is -2.37. The number of halogens is 2. The van der Waals surface area contributed by atoms with E-state index in [0.29, 0.717) is 35.5 Å². The summed E-state index contributed by atoms with van der Waals surface area (Å²) in [5.41, 5.74) is 2.50. The van der Waals surface area contributed by atoms with Crippen molar-refractivity contribution >= 4 is 29.4 Å². The van der Waals surface area contributed by atoms with Gasteiger partial charge in [0.2, 0.25) is 0 Å². The van der Waals surface area contributed by atoms with Crippen molar-refractivity contribution in [3.05, 3.63) is 28.7 Å². The number of anilines is 1. The highest BCUT2D eigenvalue weighted by Gasteiger charge is 2.28. The average Bonchev–Trinajstić information content (AvgIpc) is 3.35. The van der Waals surface area contributed by atoms with Gasteiger partial charge in [-0.05, 0) is 62.8 Å². The summed E-state index contributed by atoms with van der Waals surface area (Å²) < 4.78 is 19.6. The van der Waals surface area contributed by atoms with Gasteiger partial charge in [0.15, 0.2) is 12.1 Å². The lowest BCUT2D eigenvalue weighted by Crippen LogP contribution is -2.46. The Balaban J connectivity index is 1.30. The van der Waals surface area contributed by atoms with Gasteiger partial charge in [0, 0.05) is 37.9 Å². The summed E-state index contributed by atoms with van der Waals surface area (Å²) in [7, 11) is 0. The first-order valence-electron chi connectivity index (χ1n) is 11.7. The summed E-state index contributed by atoms with van der Waals surface area (Å²) in [6.45, 7) is 2.72. The van der Waals surface area contributed by atoms with Crippen LogP contribution in [0.5, 0.6) is 0 Å².